The van der Waals surface area contributed by atoms with Crippen molar-refractivity contribution in [1.29, 1.82) is 0 Å². The molecule has 33 heavy (non-hydrogen) atoms. The Labute approximate surface area is 194 Å². The van der Waals surface area contributed by atoms with Gasteiger partial charge in [-0.1, -0.05) is 0 Å². The fraction of sp³-hybridized carbons (Fsp3) is 0.417. The van der Waals surface area contributed by atoms with Crippen LogP contribution < -0.4 is 15.7 Å². The van der Waals surface area contributed by atoms with Crippen molar-refractivity contribution in [3.63, 3.8) is 0 Å². The molecule has 1 aromatic carbocycles. The molecule has 0 bridgehead atoms. The molecular weight excluding hydrogens is 444 g/mol. The molecule has 3 heterocycles. The number of esters is 1. The van der Waals surface area contributed by atoms with Crippen LogP contribution in [0.2, 0.25) is 0 Å². The zero-order valence-electron chi connectivity index (χ0n) is 19.1. The highest BCUT2D eigenvalue weighted by atomic mass is 32.1. The molecule has 1 aliphatic heterocycles. The van der Waals surface area contributed by atoms with E-state index in [2.05, 4.69) is 10.3 Å². The molecule has 0 saturated carbocycles. The maximum atomic E-state index is 12.7. The lowest BCUT2D eigenvalue weighted by Crippen LogP contribution is -2.32. The number of carbonyl (C=O) groups excluding carboxylic acids is 2. The number of nitrogens with one attached hydrogen (secondary N) is 1. The molecule has 2 aromatic heterocycles. The number of carbonyl (C=O) groups is 2. The predicted octanol–water partition coefficient (Wildman–Crippen LogP) is 3.95. The summed E-state index contributed by atoms with van der Waals surface area (Å²) in [5.74, 6) is -0.0276. The van der Waals surface area contributed by atoms with E-state index in [-0.39, 0.29) is 30.3 Å². The summed E-state index contributed by atoms with van der Waals surface area (Å²) in [7, 11) is 0. The standard InChI is InChI=1S/C24H26N2O6S/c1-5-30-21(28)9-15-12-33-23(25-15)26-20(27)10-17-13(2)16-8-14-6-7-24(3,4)32-18(14)11-19(16)31-22(17)29/h8,11-12H,5-7,9-10H2,1-4H3,(H,25,26,27). The Morgan fingerprint density at radius 1 is 1.27 bits per heavy atom. The van der Waals surface area contributed by atoms with E-state index in [9.17, 15) is 14.4 Å². The van der Waals surface area contributed by atoms with Crippen molar-refractivity contribution in [2.75, 3.05) is 11.9 Å². The van der Waals surface area contributed by atoms with Gasteiger partial charge in [0.2, 0.25) is 5.91 Å². The summed E-state index contributed by atoms with van der Waals surface area (Å²) in [5.41, 5.74) is 2.23. The predicted molar refractivity (Wildman–Crippen MR) is 125 cm³/mol. The highest BCUT2D eigenvalue weighted by molar-refractivity contribution is 7.13. The third-order valence-electron chi connectivity index (χ3n) is 5.62. The van der Waals surface area contributed by atoms with E-state index in [0.29, 0.717) is 34.1 Å². The van der Waals surface area contributed by atoms with Crippen LogP contribution in [0.15, 0.2) is 26.7 Å². The van der Waals surface area contributed by atoms with E-state index in [0.717, 1.165) is 29.5 Å². The summed E-state index contributed by atoms with van der Waals surface area (Å²) in [5, 5.41) is 5.54. The van der Waals surface area contributed by atoms with E-state index in [1.807, 2.05) is 26.8 Å². The van der Waals surface area contributed by atoms with E-state index < -0.39 is 5.63 Å². The number of hydrogen-bond acceptors (Lipinski definition) is 8. The number of ether oxygens (including phenoxy) is 2. The van der Waals surface area contributed by atoms with Gasteiger partial charge >= 0.3 is 11.6 Å². The van der Waals surface area contributed by atoms with Gasteiger partial charge in [0, 0.05) is 16.8 Å². The molecule has 0 atom stereocenters. The molecule has 0 fully saturated rings. The molecule has 4 rings (SSSR count). The van der Waals surface area contributed by atoms with Crippen molar-refractivity contribution in [3.05, 3.63) is 50.3 Å². The zero-order valence-corrected chi connectivity index (χ0v) is 19.9. The molecule has 1 N–H and O–H groups in total. The quantitative estimate of drug-likeness (QED) is 0.429. The van der Waals surface area contributed by atoms with Crippen molar-refractivity contribution < 1.29 is 23.5 Å². The Balaban J connectivity index is 1.53. The normalized spacial score (nSPS) is 14.4. The molecule has 0 spiro atoms. The van der Waals surface area contributed by atoms with Crippen LogP contribution >= 0.6 is 11.3 Å². The first-order valence-electron chi connectivity index (χ1n) is 10.8. The molecule has 174 valence electrons. The second kappa shape index (κ2) is 8.97. The van der Waals surface area contributed by atoms with Gasteiger partial charge in [0.25, 0.3) is 0 Å². The largest absolute Gasteiger partial charge is 0.487 e. The SMILES string of the molecule is CCOC(=O)Cc1csc(NC(=O)Cc2c(C)c3cc4c(cc3oc2=O)OC(C)(C)CC4)n1. The van der Waals surface area contributed by atoms with Gasteiger partial charge < -0.3 is 19.2 Å². The van der Waals surface area contributed by atoms with Gasteiger partial charge in [-0.05, 0) is 57.7 Å². The molecule has 1 aliphatic rings. The van der Waals surface area contributed by atoms with Crippen LogP contribution in [0.1, 0.15) is 49.6 Å². The lowest BCUT2D eigenvalue weighted by Gasteiger charge is -2.32. The van der Waals surface area contributed by atoms with Crippen LogP contribution in [-0.4, -0.2) is 29.1 Å². The Bertz CT molecular complexity index is 1290. The van der Waals surface area contributed by atoms with E-state index in [4.69, 9.17) is 13.9 Å². The fourth-order valence-corrected chi connectivity index (χ4v) is 4.60. The minimum atomic E-state index is -0.549. The molecule has 0 unspecified atom stereocenters. The van der Waals surface area contributed by atoms with Crippen molar-refractivity contribution in [2.45, 2.75) is 59.0 Å². The zero-order chi connectivity index (χ0) is 23.8. The summed E-state index contributed by atoms with van der Waals surface area (Å²) < 4.78 is 16.5. The van der Waals surface area contributed by atoms with Crippen LogP contribution in [0.5, 0.6) is 5.75 Å². The highest BCUT2D eigenvalue weighted by Gasteiger charge is 2.28. The van der Waals surface area contributed by atoms with Crippen molar-refractivity contribution in [2.24, 2.45) is 0 Å². The first-order chi connectivity index (χ1) is 15.6. The van der Waals surface area contributed by atoms with Crippen LogP contribution in [0.4, 0.5) is 5.13 Å². The van der Waals surface area contributed by atoms with E-state index >= 15 is 0 Å². The van der Waals surface area contributed by atoms with E-state index in [1.54, 1.807) is 18.4 Å². The number of thiazole rings is 1. The number of nitrogens with zero attached hydrogens (tertiary/aromatic N) is 1. The summed E-state index contributed by atoms with van der Waals surface area (Å²) in [4.78, 5) is 41.1. The van der Waals surface area contributed by atoms with E-state index in [1.165, 1.54) is 11.3 Å². The topological polar surface area (TPSA) is 108 Å². The Morgan fingerprint density at radius 3 is 2.82 bits per heavy atom. The van der Waals surface area contributed by atoms with Gasteiger partial charge in [-0.2, -0.15) is 0 Å². The van der Waals surface area contributed by atoms with Crippen LogP contribution in [0.3, 0.4) is 0 Å². The summed E-state index contributed by atoms with van der Waals surface area (Å²) in [6.45, 7) is 7.92. The van der Waals surface area contributed by atoms with Gasteiger partial charge in [-0.25, -0.2) is 9.78 Å². The van der Waals surface area contributed by atoms with Crippen molar-refractivity contribution in [1.82, 2.24) is 4.98 Å². The monoisotopic (exact) mass is 470 g/mol. The van der Waals surface area contributed by atoms with Crippen molar-refractivity contribution in [3.8, 4) is 5.75 Å². The fourth-order valence-electron chi connectivity index (χ4n) is 3.87. The lowest BCUT2D eigenvalue weighted by atomic mass is 9.92. The van der Waals surface area contributed by atoms with Gasteiger partial charge in [0.15, 0.2) is 5.13 Å². The molecule has 1 amide bonds. The third kappa shape index (κ3) is 5.08. The first-order valence-corrected chi connectivity index (χ1v) is 11.7. The number of hydrogen-bond donors (Lipinski definition) is 1. The third-order valence-corrected chi connectivity index (χ3v) is 6.42. The van der Waals surface area contributed by atoms with Crippen LogP contribution in [0.25, 0.3) is 11.0 Å². The Morgan fingerprint density at radius 2 is 2.06 bits per heavy atom. The lowest BCUT2D eigenvalue weighted by molar-refractivity contribution is -0.142. The smallest absolute Gasteiger partial charge is 0.340 e. The van der Waals surface area contributed by atoms with Gasteiger partial charge in [0.05, 0.1) is 30.7 Å². The summed E-state index contributed by atoms with van der Waals surface area (Å²) in [6.07, 6.45) is 1.66. The van der Waals surface area contributed by atoms with Gasteiger partial charge in [-0.3, -0.25) is 9.59 Å². The number of fused-ring (bicyclic) bond motifs is 2. The van der Waals surface area contributed by atoms with Crippen LogP contribution in [-0.2, 0) is 33.6 Å². The number of aromatic nitrogens is 1. The number of amides is 1. The molecular formula is C24H26N2O6S. The van der Waals surface area contributed by atoms with Gasteiger partial charge in [-0.15, -0.1) is 11.3 Å². The number of aryl methyl sites for hydroxylation is 2. The minimum absolute atomic E-state index is 0.0405. The summed E-state index contributed by atoms with van der Waals surface area (Å²) in [6, 6.07) is 3.76. The van der Waals surface area contributed by atoms with Crippen molar-refractivity contribution >= 4 is 39.3 Å². The molecule has 3 aromatic rings. The maximum absolute atomic E-state index is 12.7. The number of rotatable bonds is 6. The van der Waals surface area contributed by atoms with Gasteiger partial charge in [0.1, 0.15) is 16.9 Å². The second-order valence-corrected chi connectivity index (χ2v) is 9.52. The summed E-state index contributed by atoms with van der Waals surface area (Å²) >= 11 is 1.21. The molecule has 9 heteroatoms. The number of benzene rings is 1. The minimum Gasteiger partial charge on any atom is -0.487 e. The van der Waals surface area contributed by atoms with Crippen LogP contribution in [0, 0.1) is 6.92 Å². The molecule has 8 nitrogen and oxygen atoms in total. The average Bonchev–Trinajstić information content (AvgIpc) is 3.16. The second-order valence-electron chi connectivity index (χ2n) is 8.66. The highest BCUT2D eigenvalue weighted by Crippen LogP contribution is 2.36. The molecule has 0 radical (unpaired) electrons. The molecule has 0 aliphatic carbocycles. The average molecular weight is 471 g/mol. The number of anilines is 1. The maximum Gasteiger partial charge on any atom is 0.340 e. The molecule has 0 saturated heterocycles. The first kappa shape index (κ1) is 23.0. The Kier molecular flexibility index (Phi) is 6.25. The Hall–Kier alpha value is -3.20.